The van der Waals surface area contributed by atoms with Gasteiger partial charge in [0.2, 0.25) is 0 Å². The molecule has 1 amide bonds. The minimum absolute atomic E-state index is 0.0117. The van der Waals surface area contributed by atoms with E-state index >= 15 is 0 Å². The van der Waals surface area contributed by atoms with Crippen LogP contribution in [0.3, 0.4) is 0 Å². The molecule has 0 bridgehead atoms. The van der Waals surface area contributed by atoms with Gasteiger partial charge in [-0.2, -0.15) is 0 Å². The Balaban J connectivity index is 2.13. The molecule has 110 valence electrons. The Morgan fingerprint density at radius 1 is 1.20 bits per heavy atom. The average Bonchev–Trinajstić information content (AvgIpc) is 2.63. The first-order valence-electron chi connectivity index (χ1n) is 6.99. The van der Waals surface area contributed by atoms with Gasteiger partial charge in [0.25, 0.3) is 5.91 Å². The van der Waals surface area contributed by atoms with Gasteiger partial charge in [0.1, 0.15) is 0 Å². The van der Waals surface area contributed by atoms with Gasteiger partial charge < -0.3 is 10.4 Å². The van der Waals surface area contributed by atoms with Crippen molar-refractivity contribution in [1.82, 2.24) is 5.32 Å². The molecule has 1 aliphatic carbocycles. The summed E-state index contributed by atoms with van der Waals surface area (Å²) in [7, 11) is 0. The van der Waals surface area contributed by atoms with E-state index in [1.807, 2.05) is 0 Å². The Labute approximate surface area is 129 Å². The molecule has 0 aliphatic heterocycles. The zero-order valence-corrected chi connectivity index (χ0v) is 12.8. The molecule has 1 fully saturated rings. The molecule has 0 spiro atoms. The van der Waals surface area contributed by atoms with E-state index in [0.717, 1.165) is 32.1 Å². The van der Waals surface area contributed by atoms with E-state index in [1.54, 1.807) is 18.2 Å². The molecule has 0 aromatic heterocycles. The highest BCUT2D eigenvalue weighted by Crippen LogP contribution is 2.27. The van der Waals surface area contributed by atoms with Crippen LogP contribution >= 0.6 is 23.2 Å². The number of amides is 1. The fourth-order valence-electron chi connectivity index (χ4n) is 2.75. The zero-order valence-electron chi connectivity index (χ0n) is 11.2. The normalized spacial score (nSPS) is 23.1. The molecule has 2 rings (SSSR count). The van der Waals surface area contributed by atoms with E-state index in [9.17, 15) is 9.90 Å². The summed E-state index contributed by atoms with van der Waals surface area (Å²) in [6.45, 7) is 0.0984. The lowest BCUT2D eigenvalue weighted by Gasteiger charge is -2.24. The Morgan fingerprint density at radius 3 is 2.50 bits per heavy atom. The number of carbonyl (C=O) groups excluding carboxylic acids is 1. The molecule has 0 radical (unpaired) electrons. The van der Waals surface area contributed by atoms with Crippen LogP contribution in [-0.2, 0) is 0 Å². The second kappa shape index (κ2) is 7.30. The molecule has 2 unspecified atom stereocenters. The van der Waals surface area contributed by atoms with Crippen molar-refractivity contribution in [2.24, 2.45) is 5.92 Å². The molecule has 5 heteroatoms. The van der Waals surface area contributed by atoms with Crippen LogP contribution in [0.15, 0.2) is 18.2 Å². The highest BCUT2D eigenvalue weighted by Gasteiger charge is 2.26. The summed E-state index contributed by atoms with van der Waals surface area (Å²) in [5.41, 5.74) is 0.316. The van der Waals surface area contributed by atoms with Crippen LogP contribution in [0.4, 0.5) is 0 Å². The predicted octanol–water partition coefficient (Wildman–Crippen LogP) is 3.66. The molecular formula is C15H19Cl2NO2. The van der Waals surface area contributed by atoms with Crippen LogP contribution in [0, 0.1) is 5.92 Å². The fourth-order valence-corrected chi connectivity index (χ4v) is 3.32. The number of hydrogen-bond donors (Lipinski definition) is 2. The van der Waals surface area contributed by atoms with Crippen molar-refractivity contribution in [2.75, 3.05) is 6.61 Å². The van der Waals surface area contributed by atoms with Crippen LogP contribution in [0.5, 0.6) is 0 Å². The van der Waals surface area contributed by atoms with Gasteiger partial charge in [0.05, 0.1) is 15.6 Å². The van der Waals surface area contributed by atoms with Gasteiger partial charge in [0.15, 0.2) is 0 Å². The number of halogens is 2. The van der Waals surface area contributed by atoms with Crippen LogP contribution in [0.1, 0.15) is 42.5 Å². The van der Waals surface area contributed by atoms with Crippen molar-refractivity contribution >= 4 is 29.1 Å². The van der Waals surface area contributed by atoms with Crippen molar-refractivity contribution in [3.63, 3.8) is 0 Å². The molecule has 0 saturated heterocycles. The summed E-state index contributed by atoms with van der Waals surface area (Å²) in [6.07, 6.45) is 5.15. The minimum Gasteiger partial charge on any atom is -0.396 e. The maximum Gasteiger partial charge on any atom is 0.254 e. The first-order chi connectivity index (χ1) is 9.63. The molecule has 0 heterocycles. The van der Waals surface area contributed by atoms with Crippen LogP contribution in [0.25, 0.3) is 0 Å². The molecule has 1 saturated carbocycles. The van der Waals surface area contributed by atoms with Crippen molar-refractivity contribution in [3.8, 4) is 0 Å². The lowest BCUT2D eigenvalue weighted by molar-refractivity contribution is 0.0900. The van der Waals surface area contributed by atoms with Gasteiger partial charge in [-0.3, -0.25) is 4.79 Å². The summed E-state index contributed by atoms with van der Waals surface area (Å²) in [4.78, 5) is 12.4. The average molecular weight is 316 g/mol. The summed E-state index contributed by atoms with van der Waals surface area (Å²) in [5.74, 6) is -0.145. The molecule has 1 aromatic rings. The highest BCUT2D eigenvalue weighted by atomic mass is 35.5. The number of aliphatic hydroxyl groups is 1. The topological polar surface area (TPSA) is 49.3 Å². The van der Waals surface area contributed by atoms with E-state index in [-0.39, 0.29) is 24.5 Å². The standard InChI is InChI=1S/C15H19Cl2NO2/c16-11-6-4-7-12(17)14(11)15(20)18-13-8-3-1-2-5-10(13)9-19/h4,6-7,10,13,19H,1-3,5,8-9H2,(H,18,20). The maximum absolute atomic E-state index is 12.4. The summed E-state index contributed by atoms with van der Waals surface area (Å²) >= 11 is 12.1. The van der Waals surface area contributed by atoms with E-state index in [0.29, 0.717) is 15.6 Å². The predicted molar refractivity (Wildman–Crippen MR) is 81.4 cm³/mol. The van der Waals surface area contributed by atoms with Gasteiger partial charge >= 0.3 is 0 Å². The van der Waals surface area contributed by atoms with Crippen molar-refractivity contribution in [3.05, 3.63) is 33.8 Å². The van der Waals surface area contributed by atoms with Gasteiger partial charge in [0, 0.05) is 18.6 Å². The molecule has 1 aliphatic rings. The third kappa shape index (κ3) is 3.66. The van der Waals surface area contributed by atoms with E-state index < -0.39 is 0 Å². The smallest absolute Gasteiger partial charge is 0.254 e. The molecule has 2 N–H and O–H groups in total. The summed E-state index contributed by atoms with van der Waals surface area (Å²) in [6, 6.07) is 5.00. The van der Waals surface area contributed by atoms with Gasteiger partial charge in [-0.05, 0) is 25.0 Å². The summed E-state index contributed by atoms with van der Waals surface area (Å²) < 4.78 is 0. The Morgan fingerprint density at radius 2 is 1.85 bits per heavy atom. The molecule has 20 heavy (non-hydrogen) atoms. The zero-order chi connectivity index (χ0) is 14.5. The Bertz CT molecular complexity index is 459. The molecule has 3 nitrogen and oxygen atoms in total. The second-order valence-electron chi connectivity index (χ2n) is 5.26. The highest BCUT2D eigenvalue weighted by molar-refractivity contribution is 6.39. The SMILES string of the molecule is O=C(NC1CCCCCC1CO)c1c(Cl)cccc1Cl. The monoisotopic (exact) mass is 315 g/mol. The fraction of sp³-hybridized carbons (Fsp3) is 0.533. The van der Waals surface area contributed by atoms with Crippen molar-refractivity contribution < 1.29 is 9.90 Å². The quantitative estimate of drug-likeness (QED) is 0.836. The third-order valence-electron chi connectivity index (χ3n) is 3.90. The lowest BCUT2D eigenvalue weighted by atomic mass is 9.95. The van der Waals surface area contributed by atoms with Gasteiger partial charge in [-0.1, -0.05) is 48.5 Å². The van der Waals surface area contributed by atoms with Crippen LogP contribution < -0.4 is 5.32 Å². The minimum atomic E-state index is -0.258. The van der Waals surface area contributed by atoms with Gasteiger partial charge in [-0.25, -0.2) is 0 Å². The van der Waals surface area contributed by atoms with E-state index in [1.165, 1.54) is 0 Å². The van der Waals surface area contributed by atoms with Gasteiger partial charge in [-0.15, -0.1) is 0 Å². The number of hydrogen-bond acceptors (Lipinski definition) is 2. The summed E-state index contributed by atoms with van der Waals surface area (Å²) in [5, 5.41) is 13.2. The number of nitrogens with one attached hydrogen (secondary N) is 1. The lowest BCUT2D eigenvalue weighted by Crippen LogP contribution is -2.41. The number of aliphatic hydroxyl groups excluding tert-OH is 1. The number of carbonyl (C=O) groups is 1. The van der Waals surface area contributed by atoms with E-state index in [2.05, 4.69) is 5.32 Å². The van der Waals surface area contributed by atoms with Crippen LogP contribution in [0.2, 0.25) is 10.0 Å². The first-order valence-corrected chi connectivity index (χ1v) is 7.75. The molecule has 1 aromatic carbocycles. The molecule has 2 atom stereocenters. The Kier molecular flexibility index (Phi) is 5.70. The van der Waals surface area contributed by atoms with E-state index in [4.69, 9.17) is 23.2 Å². The van der Waals surface area contributed by atoms with Crippen LogP contribution in [-0.4, -0.2) is 23.7 Å². The van der Waals surface area contributed by atoms with Crippen molar-refractivity contribution in [1.29, 1.82) is 0 Å². The Hall–Kier alpha value is -0.770. The molecular weight excluding hydrogens is 297 g/mol. The first kappa shape index (κ1) is 15.6. The third-order valence-corrected chi connectivity index (χ3v) is 4.53. The number of rotatable bonds is 3. The largest absolute Gasteiger partial charge is 0.396 e. The van der Waals surface area contributed by atoms with Crippen molar-refractivity contribution in [2.45, 2.75) is 38.1 Å². The number of benzene rings is 1. The maximum atomic E-state index is 12.4. The second-order valence-corrected chi connectivity index (χ2v) is 6.07.